The molecule has 0 aliphatic carbocycles. The van der Waals surface area contributed by atoms with Crippen molar-refractivity contribution in [2.75, 3.05) is 5.32 Å². The number of nitrogens with zero attached hydrogens (tertiary/aromatic N) is 1. The van der Waals surface area contributed by atoms with E-state index < -0.39 is 11.7 Å². The molecule has 4 nitrogen and oxygen atoms in total. The summed E-state index contributed by atoms with van der Waals surface area (Å²) in [5.41, 5.74) is 1.06. The molecule has 106 valence electrons. The molecule has 0 saturated heterocycles. The van der Waals surface area contributed by atoms with E-state index in [0.717, 1.165) is 5.69 Å². The van der Waals surface area contributed by atoms with Crippen LogP contribution in [0.25, 0.3) is 0 Å². The van der Waals surface area contributed by atoms with Crippen LogP contribution in [0, 0.1) is 5.82 Å². The normalized spacial score (nSPS) is 11.4. The molecule has 0 unspecified atom stereocenters. The number of halogens is 2. The molecule has 0 fully saturated rings. The lowest BCUT2D eigenvalue weighted by atomic mass is 9.92. The maximum absolute atomic E-state index is 13.3. The number of rotatable bonds is 2. The molecule has 2 N–H and O–H groups in total. The SMILES string of the molecule is CC(C)(C)c1cc(NC(=O)c2cc(F)cc(Br)c2)n[nH]1. The third-order valence-electron chi connectivity index (χ3n) is 2.75. The zero-order valence-corrected chi connectivity index (χ0v) is 13.0. The second-order valence-corrected chi connectivity index (χ2v) is 6.44. The van der Waals surface area contributed by atoms with Gasteiger partial charge < -0.3 is 5.32 Å². The van der Waals surface area contributed by atoms with Crippen LogP contribution in [0.5, 0.6) is 0 Å². The number of aromatic nitrogens is 2. The van der Waals surface area contributed by atoms with Crippen LogP contribution in [0.15, 0.2) is 28.7 Å². The number of hydrogen-bond acceptors (Lipinski definition) is 2. The van der Waals surface area contributed by atoms with Crippen molar-refractivity contribution in [3.05, 3.63) is 45.8 Å². The summed E-state index contributed by atoms with van der Waals surface area (Å²) in [5, 5.41) is 9.54. The number of hydrogen-bond donors (Lipinski definition) is 2. The van der Waals surface area contributed by atoms with Crippen molar-refractivity contribution in [2.45, 2.75) is 26.2 Å². The minimum atomic E-state index is -0.470. The Morgan fingerprint density at radius 2 is 2.00 bits per heavy atom. The summed E-state index contributed by atoms with van der Waals surface area (Å²) >= 11 is 3.16. The maximum atomic E-state index is 13.3. The van der Waals surface area contributed by atoms with Gasteiger partial charge in [0.05, 0.1) is 0 Å². The average Bonchev–Trinajstić information content (AvgIpc) is 2.75. The fraction of sp³-hybridized carbons (Fsp3) is 0.286. The van der Waals surface area contributed by atoms with E-state index in [9.17, 15) is 9.18 Å². The van der Waals surface area contributed by atoms with Gasteiger partial charge in [-0.3, -0.25) is 9.89 Å². The second-order valence-electron chi connectivity index (χ2n) is 5.53. The van der Waals surface area contributed by atoms with Crippen LogP contribution in [0.3, 0.4) is 0 Å². The predicted octanol–water partition coefficient (Wildman–Crippen LogP) is 3.86. The second kappa shape index (κ2) is 5.36. The minimum absolute atomic E-state index is 0.0855. The first-order chi connectivity index (χ1) is 9.25. The Hall–Kier alpha value is -1.69. The largest absolute Gasteiger partial charge is 0.305 e. The molecule has 0 radical (unpaired) electrons. The first-order valence-corrected chi connectivity index (χ1v) is 6.88. The molecule has 0 aliphatic rings. The quantitative estimate of drug-likeness (QED) is 0.872. The van der Waals surface area contributed by atoms with E-state index in [2.05, 4.69) is 31.4 Å². The van der Waals surface area contributed by atoms with Crippen molar-refractivity contribution < 1.29 is 9.18 Å². The van der Waals surface area contributed by atoms with Gasteiger partial charge in [0.2, 0.25) is 0 Å². The summed E-state index contributed by atoms with van der Waals surface area (Å²) in [5.74, 6) is -0.459. The Labute approximate surface area is 124 Å². The van der Waals surface area contributed by atoms with E-state index in [-0.39, 0.29) is 11.0 Å². The maximum Gasteiger partial charge on any atom is 0.257 e. The molecular weight excluding hydrogens is 325 g/mol. The smallest absolute Gasteiger partial charge is 0.257 e. The third-order valence-corrected chi connectivity index (χ3v) is 3.21. The minimum Gasteiger partial charge on any atom is -0.305 e. The molecule has 0 bridgehead atoms. The summed E-state index contributed by atoms with van der Waals surface area (Å²) in [6.07, 6.45) is 0. The molecule has 1 amide bonds. The molecule has 0 aliphatic heterocycles. The Morgan fingerprint density at radius 1 is 1.30 bits per heavy atom. The van der Waals surface area contributed by atoms with Gasteiger partial charge >= 0.3 is 0 Å². The zero-order valence-electron chi connectivity index (χ0n) is 11.4. The van der Waals surface area contributed by atoms with E-state index in [1.54, 1.807) is 12.1 Å². The van der Waals surface area contributed by atoms with Crippen molar-refractivity contribution in [1.82, 2.24) is 10.2 Å². The Balaban J connectivity index is 2.17. The number of nitrogens with one attached hydrogen (secondary N) is 2. The molecule has 20 heavy (non-hydrogen) atoms. The topological polar surface area (TPSA) is 57.8 Å². The highest BCUT2D eigenvalue weighted by atomic mass is 79.9. The number of benzene rings is 1. The number of anilines is 1. The molecule has 1 aromatic heterocycles. The Bertz CT molecular complexity index is 626. The number of amides is 1. The fourth-order valence-electron chi connectivity index (χ4n) is 1.64. The molecule has 2 aromatic rings. The van der Waals surface area contributed by atoms with Gasteiger partial charge in [-0.15, -0.1) is 0 Å². The third kappa shape index (κ3) is 3.45. The van der Waals surface area contributed by atoms with Crippen LogP contribution < -0.4 is 5.32 Å². The van der Waals surface area contributed by atoms with Gasteiger partial charge in [0.1, 0.15) is 5.82 Å². The summed E-state index contributed by atoms with van der Waals surface area (Å²) in [4.78, 5) is 12.0. The number of aromatic amines is 1. The average molecular weight is 340 g/mol. The summed E-state index contributed by atoms with van der Waals surface area (Å²) < 4.78 is 13.8. The van der Waals surface area contributed by atoms with Gasteiger partial charge in [-0.1, -0.05) is 36.7 Å². The molecule has 1 aromatic carbocycles. The highest BCUT2D eigenvalue weighted by Crippen LogP contribution is 2.22. The molecule has 2 rings (SSSR count). The van der Waals surface area contributed by atoms with Crippen molar-refractivity contribution in [2.24, 2.45) is 0 Å². The highest BCUT2D eigenvalue weighted by Gasteiger charge is 2.18. The van der Waals surface area contributed by atoms with Crippen LogP contribution in [0.1, 0.15) is 36.8 Å². The van der Waals surface area contributed by atoms with Gasteiger partial charge in [-0.25, -0.2) is 4.39 Å². The van der Waals surface area contributed by atoms with Crippen LogP contribution in [-0.4, -0.2) is 16.1 Å². The zero-order chi connectivity index (χ0) is 14.9. The molecule has 0 spiro atoms. The van der Waals surface area contributed by atoms with Crippen molar-refractivity contribution >= 4 is 27.7 Å². The van der Waals surface area contributed by atoms with Crippen molar-refractivity contribution in [1.29, 1.82) is 0 Å². The first-order valence-electron chi connectivity index (χ1n) is 6.09. The van der Waals surface area contributed by atoms with Gasteiger partial charge in [0.25, 0.3) is 5.91 Å². The standard InChI is InChI=1S/C14H15BrFN3O/c1-14(2,3)11-7-12(19-18-11)17-13(20)8-4-9(15)6-10(16)5-8/h4-7H,1-3H3,(H2,17,18,19,20). The number of carbonyl (C=O) groups excluding carboxylic acids is 1. The molecule has 0 atom stereocenters. The molecular formula is C14H15BrFN3O. The molecule has 1 heterocycles. The first kappa shape index (κ1) is 14.7. The van der Waals surface area contributed by atoms with Crippen LogP contribution in [-0.2, 0) is 5.41 Å². The number of H-pyrrole nitrogens is 1. The van der Waals surface area contributed by atoms with Gasteiger partial charge in [0, 0.05) is 27.2 Å². The predicted molar refractivity (Wildman–Crippen MR) is 79.3 cm³/mol. The van der Waals surface area contributed by atoms with Crippen molar-refractivity contribution in [3.63, 3.8) is 0 Å². The van der Waals surface area contributed by atoms with Gasteiger partial charge in [-0.2, -0.15) is 5.10 Å². The van der Waals surface area contributed by atoms with Crippen LogP contribution in [0.2, 0.25) is 0 Å². The Morgan fingerprint density at radius 3 is 2.55 bits per heavy atom. The van der Waals surface area contributed by atoms with E-state index in [1.807, 2.05) is 20.8 Å². The molecule has 6 heteroatoms. The van der Waals surface area contributed by atoms with E-state index >= 15 is 0 Å². The van der Waals surface area contributed by atoms with E-state index in [0.29, 0.717) is 10.3 Å². The lowest BCUT2D eigenvalue weighted by Crippen LogP contribution is -2.13. The van der Waals surface area contributed by atoms with Gasteiger partial charge in [0.15, 0.2) is 5.82 Å². The lowest BCUT2D eigenvalue weighted by molar-refractivity contribution is 0.102. The number of carbonyl (C=O) groups is 1. The van der Waals surface area contributed by atoms with E-state index in [4.69, 9.17) is 0 Å². The monoisotopic (exact) mass is 339 g/mol. The van der Waals surface area contributed by atoms with Crippen molar-refractivity contribution in [3.8, 4) is 0 Å². The van der Waals surface area contributed by atoms with E-state index in [1.165, 1.54) is 12.1 Å². The molecule has 0 saturated carbocycles. The highest BCUT2D eigenvalue weighted by molar-refractivity contribution is 9.10. The summed E-state index contributed by atoms with van der Waals surface area (Å²) in [6, 6.07) is 5.79. The lowest BCUT2D eigenvalue weighted by Gasteiger charge is -2.14. The van der Waals surface area contributed by atoms with Crippen LogP contribution in [0.4, 0.5) is 10.2 Å². The van der Waals surface area contributed by atoms with Crippen LogP contribution >= 0.6 is 15.9 Å². The summed E-state index contributed by atoms with van der Waals surface area (Å²) in [6.45, 7) is 6.11. The fourth-order valence-corrected chi connectivity index (χ4v) is 2.11. The summed E-state index contributed by atoms with van der Waals surface area (Å²) in [7, 11) is 0. The van der Waals surface area contributed by atoms with Gasteiger partial charge in [-0.05, 0) is 18.2 Å². The Kier molecular flexibility index (Phi) is 3.94.